The first-order chi connectivity index (χ1) is 11.5. The fraction of sp³-hybridized carbons (Fsp3) is 0.267. The molecule has 0 aliphatic carbocycles. The maximum Gasteiger partial charge on any atom is 0.261 e. The average molecular weight is 405 g/mol. The Bertz CT molecular complexity index is 1010. The van der Waals surface area contributed by atoms with Gasteiger partial charge in [-0.3, -0.25) is 4.79 Å². The quantitative estimate of drug-likeness (QED) is 0.790. The number of sulfone groups is 2. The molecule has 6 nitrogen and oxygen atoms in total. The van der Waals surface area contributed by atoms with Crippen molar-refractivity contribution in [2.24, 2.45) is 0 Å². The molecule has 0 unspecified atom stereocenters. The summed E-state index contributed by atoms with van der Waals surface area (Å²) in [6.07, 6.45) is 2.11. The van der Waals surface area contributed by atoms with Crippen LogP contribution in [0.4, 0.5) is 4.39 Å². The number of nitrogens with one attached hydrogen (secondary N) is 1. The number of carbonyl (C=O) groups excluding carboxylic acids is 1. The molecule has 0 saturated carbocycles. The molecule has 0 spiro atoms. The third-order valence-electron chi connectivity index (χ3n) is 3.20. The van der Waals surface area contributed by atoms with E-state index in [9.17, 15) is 26.0 Å². The molecule has 0 bridgehead atoms. The van der Waals surface area contributed by atoms with Gasteiger partial charge in [0.05, 0.1) is 10.6 Å². The Balaban J connectivity index is 2.16. The van der Waals surface area contributed by atoms with Crippen LogP contribution in [0, 0.1) is 5.82 Å². The molecule has 1 aromatic carbocycles. The molecule has 1 heterocycles. The van der Waals surface area contributed by atoms with Gasteiger partial charge >= 0.3 is 0 Å². The summed E-state index contributed by atoms with van der Waals surface area (Å²) < 4.78 is 59.3. The highest BCUT2D eigenvalue weighted by Crippen LogP contribution is 2.21. The molecule has 1 N–H and O–H groups in total. The molecule has 136 valence electrons. The monoisotopic (exact) mass is 405 g/mol. The van der Waals surface area contributed by atoms with Gasteiger partial charge in [-0.1, -0.05) is 6.07 Å². The number of thiophene rings is 1. The van der Waals surface area contributed by atoms with Crippen molar-refractivity contribution in [1.82, 2.24) is 5.32 Å². The van der Waals surface area contributed by atoms with Gasteiger partial charge in [-0.05, 0) is 35.4 Å². The van der Waals surface area contributed by atoms with E-state index in [-0.39, 0.29) is 21.4 Å². The minimum Gasteiger partial charge on any atom is -0.347 e. The van der Waals surface area contributed by atoms with Crippen molar-refractivity contribution in [3.63, 3.8) is 0 Å². The van der Waals surface area contributed by atoms with Gasteiger partial charge in [-0.15, -0.1) is 11.3 Å². The summed E-state index contributed by atoms with van der Waals surface area (Å²) in [5.41, 5.74) is 0.742. The molecule has 2 rings (SSSR count). The molecule has 0 saturated heterocycles. The van der Waals surface area contributed by atoms with E-state index < -0.39 is 31.4 Å². The van der Waals surface area contributed by atoms with Crippen molar-refractivity contribution in [1.29, 1.82) is 0 Å². The van der Waals surface area contributed by atoms with Crippen LogP contribution < -0.4 is 5.32 Å². The van der Waals surface area contributed by atoms with Crippen LogP contribution in [0.1, 0.15) is 20.8 Å². The summed E-state index contributed by atoms with van der Waals surface area (Å²) >= 11 is 0.830. The molecular formula is C15H16FNO5S3. The molecule has 1 amide bonds. The topological polar surface area (TPSA) is 97.4 Å². The van der Waals surface area contributed by atoms with Crippen LogP contribution in [0.2, 0.25) is 0 Å². The summed E-state index contributed by atoms with van der Waals surface area (Å²) in [5.74, 6) is -1.33. The Labute approximate surface area is 149 Å². The molecule has 0 atom stereocenters. The third-order valence-corrected chi connectivity index (χ3v) is 6.94. The summed E-state index contributed by atoms with van der Waals surface area (Å²) in [4.78, 5) is 12.3. The standard InChI is InChI=1S/C15H16FNO5S3/c1-24(19,20)9-10-3-4-12(16)7-11(10)8-17-15(18)13-5-6-14(23-13)25(2,21)22/h3-7H,8-9H2,1-2H3,(H,17,18). The summed E-state index contributed by atoms with van der Waals surface area (Å²) in [7, 11) is -6.71. The molecule has 25 heavy (non-hydrogen) atoms. The first-order valence-electron chi connectivity index (χ1n) is 6.99. The van der Waals surface area contributed by atoms with Gasteiger partial charge in [0.25, 0.3) is 5.91 Å². The van der Waals surface area contributed by atoms with Crippen LogP contribution in [0.25, 0.3) is 0 Å². The number of halogens is 1. The predicted molar refractivity (Wildman–Crippen MR) is 93.5 cm³/mol. The van der Waals surface area contributed by atoms with Gasteiger partial charge in [0.1, 0.15) is 10.0 Å². The van der Waals surface area contributed by atoms with Crippen LogP contribution in [0.15, 0.2) is 34.5 Å². The van der Waals surface area contributed by atoms with Crippen molar-refractivity contribution in [3.05, 3.63) is 52.2 Å². The van der Waals surface area contributed by atoms with Gasteiger partial charge < -0.3 is 5.32 Å². The Morgan fingerprint density at radius 2 is 1.76 bits per heavy atom. The molecule has 0 aliphatic heterocycles. The van der Waals surface area contributed by atoms with Gasteiger partial charge in [0.15, 0.2) is 19.7 Å². The number of amides is 1. The Hall–Kier alpha value is -1.78. The lowest BCUT2D eigenvalue weighted by atomic mass is 10.1. The number of hydrogen-bond acceptors (Lipinski definition) is 6. The minimum atomic E-state index is -3.39. The van der Waals surface area contributed by atoms with E-state index in [0.29, 0.717) is 11.1 Å². The lowest BCUT2D eigenvalue weighted by Crippen LogP contribution is -2.23. The zero-order chi connectivity index (χ0) is 18.8. The predicted octanol–water partition coefficient (Wildman–Crippen LogP) is 1.77. The van der Waals surface area contributed by atoms with Gasteiger partial charge in [-0.2, -0.15) is 0 Å². The molecular weight excluding hydrogens is 389 g/mol. The van der Waals surface area contributed by atoms with Gasteiger partial charge in [0, 0.05) is 19.1 Å². The molecule has 2 aromatic rings. The fourth-order valence-electron chi connectivity index (χ4n) is 2.09. The third kappa shape index (κ3) is 5.62. The lowest BCUT2D eigenvalue weighted by molar-refractivity contribution is 0.0955. The van der Waals surface area contributed by atoms with Crippen molar-refractivity contribution in [2.45, 2.75) is 16.5 Å². The van der Waals surface area contributed by atoms with E-state index in [4.69, 9.17) is 0 Å². The normalized spacial score (nSPS) is 12.1. The SMILES string of the molecule is CS(=O)(=O)Cc1ccc(F)cc1CNC(=O)c1ccc(S(C)(=O)=O)s1. The molecule has 0 fully saturated rings. The van der Waals surface area contributed by atoms with Crippen LogP contribution in [0.3, 0.4) is 0 Å². The molecule has 0 radical (unpaired) electrons. The highest BCUT2D eigenvalue weighted by Gasteiger charge is 2.16. The largest absolute Gasteiger partial charge is 0.347 e. The summed E-state index contributed by atoms with van der Waals surface area (Å²) in [6.45, 7) is -0.0758. The summed E-state index contributed by atoms with van der Waals surface area (Å²) in [5, 5.41) is 2.55. The van der Waals surface area contributed by atoms with Crippen molar-refractivity contribution in [3.8, 4) is 0 Å². The maximum absolute atomic E-state index is 13.4. The van der Waals surface area contributed by atoms with Gasteiger partial charge in [-0.25, -0.2) is 21.2 Å². The molecule has 10 heteroatoms. The van der Waals surface area contributed by atoms with E-state index in [0.717, 1.165) is 36.0 Å². The van der Waals surface area contributed by atoms with E-state index in [1.807, 2.05) is 0 Å². The Morgan fingerprint density at radius 3 is 2.32 bits per heavy atom. The Morgan fingerprint density at radius 1 is 1.08 bits per heavy atom. The second-order valence-electron chi connectivity index (χ2n) is 5.56. The van der Waals surface area contributed by atoms with Crippen molar-refractivity contribution < 1.29 is 26.0 Å². The first-order valence-corrected chi connectivity index (χ1v) is 11.8. The zero-order valence-electron chi connectivity index (χ0n) is 13.4. The van der Waals surface area contributed by atoms with Crippen LogP contribution >= 0.6 is 11.3 Å². The Kier molecular flexibility index (Phi) is 5.65. The van der Waals surface area contributed by atoms with E-state index >= 15 is 0 Å². The highest BCUT2D eigenvalue weighted by atomic mass is 32.2. The minimum absolute atomic E-state index is 0.0705. The lowest BCUT2D eigenvalue weighted by Gasteiger charge is -2.10. The van der Waals surface area contributed by atoms with E-state index in [1.165, 1.54) is 18.2 Å². The average Bonchev–Trinajstić information content (AvgIpc) is 2.96. The number of hydrogen-bond donors (Lipinski definition) is 1. The first kappa shape index (κ1) is 19.5. The molecule has 0 aliphatic rings. The van der Waals surface area contributed by atoms with Crippen molar-refractivity contribution >= 4 is 36.9 Å². The van der Waals surface area contributed by atoms with Crippen LogP contribution in [-0.2, 0) is 32.0 Å². The van der Waals surface area contributed by atoms with E-state index in [1.54, 1.807) is 0 Å². The number of rotatable bonds is 6. The number of carbonyl (C=O) groups is 1. The van der Waals surface area contributed by atoms with Crippen LogP contribution in [-0.4, -0.2) is 35.3 Å². The van der Waals surface area contributed by atoms with E-state index in [2.05, 4.69) is 5.32 Å². The fourth-order valence-corrected chi connectivity index (χ4v) is 4.78. The molecule has 1 aromatic heterocycles. The van der Waals surface area contributed by atoms with Crippen LogP contribution in [0.5, 0.6) is 0 Å². The number of benzene rings is 1. The smallest absolute Gasteiger partial charge is 0.261 e. The zero-order valence-corrected chi connectivity index (χ0v) is 15.9. The van der Waals surface area contributed by atoms with Gasteiger partial charge in [0.2, 0.25) is 0 Å². The second kappa shape index (κ2) is 7.22. The maximum atomic E-state index is 13.4. The summed E-state index contributed by atoms with van der Waals surface area (Å²) in [6, 6.07) is 6.41. The highest BCUT2D eigenvalue weighted by molar-refractivity contribution is 7.92. The second-order valence-corrected chi connectivity index (χ2v) is 11.0. The van der Waals surface area contributed by atoms with Crippen molar-refractivity contribution in [2.75, 3.05) is 12.5 Å².